The predicted octanol–water partition coefficient (Wildman–Crippen LogP) is 3.37. The first-order valence-corrected chi connectivity index (χ1v) is 10.3. The van der Waals surface area contributed by atoms with Crippen molar-refractivity contribution in [3.05, 3.63) is 78.0 Å². The monoisotopic (exact) mass is 432 g/mol. The Morgan fingerprint density at radius 3 is 2.31 bits per heavy atom. The molecule has 0 radical (unpaired) electrons. The van der Waals surface area contributed by atoms with Gasteiger partial charge < -0.3 is 25.0 Å². The van der Waals surface area contributed by atoms with E-state index in [1.807, 2.05) is 24.3 Å². The van der Waals surface area contributed by atoms with Gasteiger partial charge in [-0.25, -0.2) is 9.78 Å². The maximum atomic E-state index is 12.6. The fraction of sp³-hybridized carbons (Fsp3) is 0.208. The molecule has 1 aliphatic heterocycles. The molecule has 1 saturated heterocycles. The first-order chi connectivity index (χ1) is 15.5. The van der Waals surface area contributed by atoms with Gasteiger partial charge in [0, 0.05) is 43.6 Å². The summed E-state index contributed by atoms with van der Waals surface area (Å²) in [6.45, 7) is 3.06. The topological polar surface area (TPSA) is 95.0 Å². The number of anilines is 3. The van der Waals surface area contributed by atoms with E-state index in [4.69, 9.17) is 4.74 Å². The number of methoxy groups -OCH3 is 1. The van der Waals surface area contributed by atoms with Crippen LogP contribution >= 0.6 is 0 Å². The number of benzene rings is 2. The second-order valence-electron chi connectivity index (χ2n) is 7.38. The van der Waals surface area contributed by atoms with E-state index in [1.54, 1.807) is 49.7 Å². The Morgan fingerprint density at radius 2 is 1.69 bits per heavy atom. The molecule has 8 heteroatoms. The van der Waals surface area contributed by atoms with Crippen LogP contribution in [-0.4, -0.2) is 55.3 Å². The van der Waals surface area contributed by atoms with Gasteiger partial charge in [-0.2, -0.15) is 0 Å². The third-order valence-corrected chi connectivity index (χ3v) is 5.45. The highest BCUT2D eigenvalue weighted by Crippen LogP contribution is 2.26. The standard InChI is InChI=1S/C24H24N4O4/c1-32-19-8-5-17(6-9-19)23(29)26-21-10-7-18(16-20(21)24(30)31)27-12-14-28(15-13-27)22-4-2-3-11-25-22/h2-11,16H,12-15H2,1H3,(H,26,29)(H,30,31). The largest absolute Gasteiger partial charge is 0.497 e. The lowest BCUT2D eigenvalue weighted by Gasteiger charge is -2.36. The van der Waals surface area contributed by atoms with E-state index in [-0.39, 0.29) is 17.2 Å². The molecule has 1 amide bonds. The lowest BCUT2D eigenvalue weighted by molar-refractivity contribution is 0.0698. The van der Waals surface area contributed by atoms with Crippen LogP contribution in [-0.2, 0) is 0 Å². The third-order valence-electron chi connectivity index (χ3n) is 5.45. The van der Waals surface area contributed by atoms with Gasteiger partial charge in [0.05, 0.1) is 18.4 Å². The molecule has 2 N–H and O–H groups in total. The zero-order valence-electron chi connectivity index (χ0n) is 17.7. The van der Waals surface area contributed by atoms with Crippen LogP contribution in [0.4, 0.5) is 17.2 Å². The molecule has 1 aromatic heterocycles. The normalized spacial score (nSPS) is 13.5. The van der Waals surface area contributed by atoms with Gasteiger partial charge in [-0.05, 0) is 54.6 Å². The molecule has 0 saturated carbocycles. The van der Waals surface area contributed by atoms with Crippen LogP contribution in [0.3, 0.4) is 0 Å². The Labute approximate surface area is 186 Å². The van der Waals surface area contributed by atoms with E-state index in [2.05, 4.69) is 20.1 Å². The number of carboxylic acid groups (broad SMARTS) is 1. The van der Waals surface area contributed by atoms with Gasteiger partial charge in [0.25, 0.3) is 5.91 Å². The Hall–Kier alpha value is -4.07. The number of carbonyl (C=O) groups excluding carboxylic acids is 1. The summed E-state index contributed by atoms with van der Waals surface area (Å²) in [6, 6.07) is 17.6. The summed E-state index contributed by atoms with van der Waals surface area (Å²) < 4.78 is 5.10. The molecule has 0 bridgehead atoms. The number of carboxylic acids is 1. The van der Waals surface area contributed by atoms with E-state index in [1.165, 1.54) is 0 Å². The minimum absolute atomic E-state index is 0.0523. The van der Waals surface area contributed by atoms with Crippen molar-refractivity contribution >= 4 is 29.1 Å². The molecule has 0 atom stereocenters. The zero-order chi connectivity index (χ0) is 22.5. The van der Waals surface area contributed by atoms with Gasteiger partial charge in [0.1, 0.15) is 11.6 Å². The Bertz CT molecular complexity index is 1090. The van der Waals surface area contributed by atoms with E-state index in [9.17, 15) is 14.7 Å². The zero-order valence-corrected chi connectivity index (χ0v) is 17.7. The molecule has 3 aromatic rings. The van der Waals surface area contributed by atoms with Gasteiger partial charge in [0.2, 0.25) is 0 Å². The van der Waals surface area contributed by atoms with E-state index in [0.29, 0.717) is 11.3 Å². The highest BCUT2D eigenvalue weighted by molar-refractivity contribution is 6.08. The second kappa shape index (κ2) is 9.38. The van der Waals surface area contributed by atoms with Crippen molar-refractivity contribution in [1.29, 1.82) is 0 Å². The summed E-state index contributed by atoms with van der Waals surface area (Å²) in [5, 5.41) is 12.4. The Balaban J connectivity index is 1.47. The average Bonchev–Trinajstić information content (AvgIpc) is 2.85. The molecule has 32 heavy (non-hydrogen) atoms. The van der Waals surface area contributed by atoms with Gasteiger partial charge in [-0.3, -0.25) is 4.79 Å². The molecule has 0 unspecified atom stereocenters. The molecule has 2 heterocycles. The van der Waals surface area contributed by atoms with Crippen molar-refractivity contribution in [2.24, 2.45) is 0 Å². The number of pyridine rings is 1. The maximum Gasteiger partial charge on any atom is 0.337 e. The smallest absolute Gasteiger partial charge is 0.337 e. The number of aromatic nitrogens is 1. The average molecular weight is 432 g/mol. The fourth-order valence-corrected chi connectivity index (χ4v) is 3.69. The number of nitrogens with one attached hydrogen (secondary N) is 1. The van der Waals surface area contributed by atoms with Crippen molar-refractivity contribution in [3.8, 4) is 5.75 Å². The molecule has 0 aliphatic carbocycles. The maximum absolute atomic E-state index is 12.6. The summed E-state index contributed by atoms with van der Waals surface area (Å²) in [4.78, 5) is 33.2. The highest BCUT2D eigenvalue weighted by Gasteiger charge is 2.21. The van der Waals surface area contributed by atoms with Gasteiger partial charge in [0.15, 0.2) is 0 Å². The first kappa shape index (κ1) is 21.2. The quantitative estimate of drug-likeness (QED) is 0.617. The number of aromatic carboxylic acids is 1. The lowest BCUT2D eigenvalue weighted by atomic mass is 10.1. The second-order valence-corrected chi connectivity index (χ2v) is 7.38. The number of piperazine rings is 1. The van der Waals surface area contributed by atoms with E-state index < -0.39 is 5.97 Å². The minimum atomic E-state index is -1.09. The van der Waals surface area contributed by atoms with E-state index >= 15 is 0 Å². The van der Waals surface area contributed by atoms with Gasteiger partial charge in [-0.1, -0.05) is 6.07 Å². The number of hydrogen-bond donors (Lipinski definition) is 2. The predicted molar refractivity (Wildman–Crippen MR) is 123 cm³/mol. The number of nitrogens with zero attached hydrogens (tertiary/aromatic N) is 3. The van der Waals surface area contributed by atoms with E-state index in [0.717, 1.165) is 37.7 Å². The summed E-state index contributed by atoms with van der Waals surface area (Å²) in [5.74, 6) is 0.103. The molecule has 4 rings (SSSR count). The highest BCUT2D eigenvalue weighted by atomic mass is 16.5. The molecule has 1 aliphatic rings. The molecular weight excluding hydrogens is 408 g/mol. The molecule has 8 nitrogen and oxygen atoms in total. The summed E-state index contributed by atoms with van der Waals surface area (Å²) in [5.41, 5.74) is 1.54. The van der Waals surface area contributed by atoms with Crippen molar-refractivity contribution in [2.75, 3.05) is 48.4 Å². The third kappa shape index (κ3) is 4.64. The molecule has 164 valence electrons. The van der Waals surface area contributed by atoms with Crippen LogP contribution in [0, 0.1) is 0 Å². The molecule has 0 spiro atoms. The summed E-state index contributed by atoms with van der Waals surface area (Å²) in [7, 11) is 1.55. The first-order valence-electron chi connectivity index (χ1n) is 10.3. The SMILES string of the molecule is COc1ccc(C(=O)Nc2ccc(N3CCN(c4ccccn4)CC3)cc2C(=O)O)cc1. The Kier molecular flexibility index (Phi) is 6.21. The summed E-state index contributed by atoms with van der Waals surface area (Å²) >= 11 is 0. The summed E-state index contributed by atoms with van der Waals surface area (Å²) in [6.07, 6.45) is 1.78. The van der Waals surface area contributed by atoms with Crippen LogP contribution in [0.15, 0.2) is 66.9 Å². The fourth-order valence-electron chi connectivity index (χ4n) is 3.69. The molecule has 2 aromatic carbocycles. The lowest BCUT2D eigenvalue weighted by Crippen LogP contribution is -2.46. The van der Waals surface area contributed by atoms with Crippen LogP contribution < -0.4 is 19.9 Å². The van der Waals surface area contributed by atoms with Crippen LogP contribution in [0.1, 0.15) is 20.7 Å². The van der Waals surface area contributed by atoms with Crippen molar-refractivity contribution in [2.45, 2.75) is 0 Å². The minimum Gasteiger partial charge on any atom is -0.497 e. The molecule has 1 fully saturated rings. The number of amides is 1. The Morgan fingerprint density at radius 1 is 0.969 bits per heavy atom. The number of rotatable bonds is 6. The van der Waals surface area contributed by atoms with Crippen molar-refractivity contribution in [3.63, 3.8) is 0 Å². The number of ether oxygens (including phenoxy) is 1. The molecular formula is C24H24N4O4. The van der Waals surface area contributed by atoms with Crippen LogP contribution in [0.5, 0.6) is 5.75 Å². The van der Waals surface area contributed by atoms with Crippen molar-refractivity contribution in [1.82, 2.24) is 4.98 Å². The van der Waals surface area contributed by atoms with Crippen LogP contribution in [0.2, 0.25) is 0 Å². The van der Waals surface area contributed by atoms with Crippen molar-refractivity contribution < 1.29 is 19.4 Å². The van der Waals surface area contributed by atoms with Crippen LogP contribution in [0.25, 0.3) is 0 Å². The number of carbonyl (C=O) groups is 2. The number of hydrogen-bond acceptors (Lipinski definition) is 6. The van der Waals surface area contributed by atoms with Gasteiger partial charge in [-0.15, -0.1) is 0 Å². The van der Waals surface area contributed by atoms with Gasteiger partial charge >= 0.3 is 5.97 Å².